The van der Waals surface area contributed by atoms with Crippen LogP contribution in [0.2, 0.25) is 0 Å². The lowest BCUT2D eigenvalue weighted by molar-refractivity contribution is 0.118. The van der Waals surface area contributed by atoms with Crippen LogP contribution < -0.4 is 0 Å². The first-order chi connectivity index (χ1) is 7.14. The molecule has 1 aromatic carbocycles. The van der Waals surface area contributed by atoms with E-state index in [1.165, 1.54) is 5.56 Å². The van der Waals surface area contributed by atoms with Crippen molar-refractivity contribution in [1.82, 2.24) is 0 Å². The van der Waals surface area contributed by atoms with E-state index in [9.17, 15) is 5.11 Å². The van der Waals surface area contributed by atoms with E-state index >= 15 is 0 Å². The number of aryl methyl sites for hydroxylation is 1. The van der Waals surface area contributed by atoms with Gasteiger partial charge in [-0.2, -0.15) is 0 Å². The van der Waals surface area contributed by atoms with Crippen molar-refractivity contribution in [1.29, 1.82) is 0 Å². The maximum Gasteiger partial charge on any atom is 0.122 e. The minimum atomic E-state index is -0.823. The number of benzene rings is 1. The van der Waals surface area contributed by atoms with Gasteiger partial charge in [0.2, 0.25) is 0 Å². The minimum Gasteiger partial charge on any atom is -0.378 e. The Morgan fingerprint density at radius 3 is 2.53 bits per heavy atom. The molecule has 1 heteroatoms. The summed E-state index contributed by atoms with van der Waals surface area (Å²) in [6, 6.07) is 10.3. The average Bonchev–Trinajstić information content (AvgIpc) is 2.26. The Morgan fingerprint density at radius 2 is 1.93 bits per heavy atom. The van der Waals surface area contributed by atoms with Crippen molar-refractivity contribution in [3.63, 3.8) is 0 Å². The van der Waals surface area contributed by atoms with Crippen LogP contribution in [-0.2, 0) is 6.42 Å². The zero-order valence-electron chi connectivity index (χ0n) is 9.46. The second kappa shape index (κ2) is 5.58. The highest BCUT2D eigenvalue weighted by Crippen LogP contribution is 2.06. The Hall–Kier alpha value is -1.26. The number of aliphatic hydroxyl groups is 1. The van der Waals surface area contributed by atoms with Gasteiger partial charge < -0.3 is 5.11 Å². The lowest BCUT2D eigenvalue weighted by Gasteiger charge is -2.11. The van der Waals surface area contributed by atoms with Gasteiger partial charge in [-0.3, -0.25) is 0 Å². The van der Waals surface area contributed by atoms with Crippen molar-refractivity contribution in [2.24, 2.45) is 0 Å². The van der Waals surface area contributed by atoms with Crippen molar-refractivity contribution in [3.05, 3.63) is 35.9 Å². The summed E-state index contributed by atoms with van der Waals surface area (Å²) in [6.07, 6.45) is 2.43. The molecule has 0 aromatic heterocycles. The van der Waals surface area contributed by atoms with Crippen LogP contribution >= 0.6 is 0 Å². The van der Waals surface area contributed by atoms with Gasteiger partial charge in [0.15, 0.2) is 0 Å². The minimum absolute atomic E-state index is 0.672. The number of rotatable bonds is 3. The van der Waals surface area contributed by atoms with Crippen LogP contribution in [0.15, 0.2) is 30.3 Å². The molecule has 0 fully saturated rings. The molecule has 0 aliphatic rings. The highest BCUT2D eigenvalue weighted by Gasteiger charge is 2.11. The second-order valence-corrected chi connectivity index (χ2v) is 3.91. The molecular formula is C14H18O. The summed E-state index contributed by atoms with van der Waals surface area (Å²) < 4.78 is 0. The molecule has 1 unspecified atom stereocenters. The number of hydrogen-bond acceptors (Lipinski definition) is 1. The van der Waals surface area contributed by atoms with Crippen molar-refractivity contribution < 1.29 is 5.11 Å². The first-order valence-corrected chi connectivity index (χ1v) is 5.40. The molecule has 1 aromatic rings. The largest absolute Gasteiger partial charge is 0.378 e. The van der Waals surface area contributed by atoms with Crippen LogP contribution in [0.4, 0.5) is 0 Å². The Morgan fingerprint density at radius 1 is 1.27 bits per heavy atom. The SMILES string of the molecule is CCC(C)(O)C#CCCc1ccccc1. The maximum absolute atomic E-state index is 9.65. The molecule has 0 saturated heterocycles. The third-order valence-electron chi connectivity index (χ3n) is 2.43. The predicted molar refractivity (Wildman–Crippen MR) is 63.5 cm³/mol. The highest BCUT2D eigenvalue weighted by atomic mass is 16.3. The third-order valence-corrected chi connectivity index (χ3v) is 2.43. The second-order valence-electron chi connectivity index (χ2n) is 3.91. The molecule has 1 rings (SSSR count). The van der Waals surface area contributed by atoms with Crippen molar-refractivity contribution >= 4 is 0 Å². The summed E-state index contributed by atoms with van der Waals surface area (Å²) in [7, 11) is 0. The Kier molecular flexibility index (Phi) is 4.39. The molecule has 0 radical (unpaired) electrons. The Labute approximate surface area is 92.1 Å². The van der Waals surface area contributed by atoms with Crippen molar-refractivity contribution in [2.45, 2.75) is 38.7 Å². The van der Waals surface area contributed by atoms with E-state index in [1.54, 1.807) is 6.92 Å². The molecule has 0 saturated carbocycles. The molecule has 1 atom stereocenters. The van der Waals surface area contributed by atoms with Crippen LogP contribution in [0, 0.1) is 11.8 Å². The normalized spacial score (nSPS) is 13.8. The van der Waals surface area contributed by atoms with Crippen molar-refractivity contribution in [2.75, 3.05) is 0 Å². The first kappa shape index (κ1) is 11.8. The molecule has 0 aliphatic carbocycles. The fraction of sp³-hybridized carbons (Fsp3) is 0.429. The van der Waals surface area contributed by atoms with Gasteiger partial charge >= 0.3 is 0 Å². The summed E-state index contributed by atoms with van der Waals surface area (Å²) in [4.78, 5) is 0. The fourth-order valence-corrected chi connectivity index (χ4v) is 1.19. The topological polar surface area (TPSA) is 20.2 Å². The summed E-state index contributed by atoms with van der Waals surface area (Å²) in [5.74, 6) is 5.91. The van der Waals surface area contributed by atoms with Crippen LogP contribution in [0.1, 0.15) is 32.3 Å². The maximum atomic E-state index is 9.65. The van der Waals surface area contributed by atoms with E-state index in [1.807, 2.05) is 25.1 Å². The highest BCUT2D eigenvalue weighted by molar-refractivity contribution is 5.17. The summed E-state index contributed by atoms with van der Waals surface area (Å²) in [6.45, 7) is 3.69. The Balaban J connectivity index is 2.40. The van der Waals surface area contributed by atoms with E-state index in [-0.39, 0.29) is 0 Å². The van der Waals surface area contributed by atoms with E-state index in [2.05, 4.69) is 24.0 Å². The Bertz CT molecular complexity index is 341. The molecule has 0 spiro atoms. The third kappa shape index (κ3) is 4.67. The molecule has 0 amide bonds. The molecule has 0 bridgehead atoms. The van der Waals surface area contributed by atoms with Gasteiger partial charge in [-0.25, -0.2) is 0 Å². The van der Waals surface area contributed by atoms with E-state index < -0.39 is 5.60 Å². The molecule has 0 heterocycles. The van der Waals surface area contributed by atoms with E-state index in [0.717, 1.165) is 12.8 Å². The lowest BCUT2D eigenvalue weighted by atomic mass is 10.0. The quantitative estimate of drug-likeness (QED) is 0.747. The van der Waals surface area contributed by atoms with Gasteiger partial charge in [-0.15, -0.1) is 0 Å². The van der Waals surface area contributed by atoms with Crippen LogP contribution in [0.3, 0.4) is 0 Å². The summed E-state index contributed by atoms with van der Waals surface area (Å²) in [5.41, 5.74) is 0.472. The molecule has 0 aliphatic heterocycles. The molecule has 15 heavy (non-hydrogen) atoms. The van der Waals surface area contributed by atoms with Crippen LogP contribution in [0.5, 0.6) is 0 Å². The predicted octanol–water partition coefficient (Wildman–Crippen LogP) is 2.78. The smallest absolute Gasteiger partial charge is 0.122 e. The molecule has 1 N–H and O–H groups in total. The monoisotopic (exact) mass is 202 g/mol. The standard InChI is InChI=1S/C14H18O/c1-3-14(2,15)12-8-7-11-13-9-5-4-6-10-13/h4-6,9-10,15H,3,7,11H2,1-2H3. The molecular weight excluding hydrogens is 184 g/mol. The van der Waals surface area contributed by atoms with E-state index in [0.29, 0.717) is 6.42 Å². The molecule has 1 nitrogen and oxygen atoms in total. The molecule has 80 valence electrons. The van der Waals surface area contributed by atoms with Gasteiger partial charge in [-0.1, -0.05) is 49.1 Å². The van der Waals surface area contributed by atoms with Gasteiger partial charge in [0.25, 0.3) is 0 Å². The van der Waals surface area contributed by atoms with Crippen LogP contribution in [0.25, 0.3) is 0 Å². The van der Waals surface area contributed by atoms with Gasteiger partial charge in [0, 0.05) is 6.42 Å². The van der Waals surface area contributed by atoms with Crippen LogP contribution in [-0.4, -0.2) is 10.7 Å². The van der Waals surface area contributed by atoms with Gasteiger partial charge in [0.1, 0.15) is 5.60 Å². The number of hydrogen-bond donors (Lipinski definition) is 1. The van der Waals surface area contributed by atoms with E-state index in [4.69, 9.17) is 0 Å². The van der Waals surface area contributed by atoms with Gasteiger partial charge in [-0.05, 0) is 25.3 Å². The first-order valence-electron chi connectivity index (χ1n) is 5.40. The zero-order valence-corrected chi connectivity index (χ0v) is 9.46. The van der Waals surface area contributed by atoms with Crippen molar-refractivity contribution in [3.8, 4) is 11.8 Å². The fourth-order valence-electron chi connectivity index (χ4n) is 1.19. The summed E-state index contributed by atoms with van der Waals surface area (Å²) in [5, 5.41) is 9.65. The van der Waals surface area contributed by atoms with Gasteiger partial charge in [0.05, 0.1) is 0 Å². The summed E-state index contributed by atoms with van der Waals surface area (Å²) >= 11 is 0. The lowest BCUT2D eigenvalue weighted by Crippen LogP contribution is -2.19. The average molecular weight is 202 g/mol. The zero-order chi connectivity index (χ0) is 11.1.